The minimum atomic E-state index is -0.822. The second kappa shape index (κ2) is 9.43. The highest BCUT2D eigenvalue weighted by atomic mass is 16.5. The van der Waals surface area contributed by atoms with E-state index in [1.165, 1.54) is 0 Å². The molecule has 0 heterocycles. The van der Waals surface area contributed by atoms with Crippen LogP contribution in [-0.2, 0) is 4.79 Å². The second-order valence-corrected chi connectivity index (χ2v) is 7.15. The fourth-order valence-electron chi connectivity index (χ4n) is 3.59. The highest BCUT2D eigenvalue weighted by Crippen LogP contribution is 2.27. The Kier molecular flexibility index (Phi) is 6.72. The number of amides is 1. The number of carboxylic acids is 1. The number of carbonyl (C=O) groups is 2. The summed E-state index contributed by atoms with van der Waals surface area (Å²) in [5.41, 5.74) is 2.12. The first-order valence-corrected chi connectivity index (χ1v) is 9.77. The Morgan fingerprint density at radius 1 is 1.17 bits per heavy atom. The van der Waals surface area contributed by atoms with Gasteiger partial charge in [0, 0.05) is 23.8 Å². The fraction of sp³-hybridized carbons (Fsp3) is 0.364. The topological polar surface area (TPSA) is 90.9 Å². The fourth-order valence-corrected chi connectivity index (χ4v) is 3.59. The number of ether oxygens (including phenoxy) is 1. The second-order valence-electron chi connectivity index (χ2n) is 7.15. The van der Waals surface area contributed by atoms with Crippen molar-refractivity contribution in [3.63, 3.8) is 0 Å². The molecule has 3 N–H and O–H groups in total. The standard InChI is InChI=1S/C22H27N3O4/c1-3-25(14-21(26)27)17-11-16(12-17)24-22(28)19-9-4-5-10-20(19)23-15-7-6-8-18(13-15)29-2/h4-10,13,16-17,23H,3,11-12,14H2,1-2H3,(H,24,28)(H,26,27). The molecule has 0 radical (unpaired) electrons. The minimum absolute atomic E-state index is 0.0368. The molecule has 7 heteroatoms. The van der Waals surface area contributed by atoms with Crippen molar-refractivity contribution < 1.29 is 19.4 Å². The van der Waals surface area contributed by atoms with Crippen LogP contribution in [-0.4, -0.2) is 54.2 Å². The van der Waals surface area contributed by atoms with Crippen molar-refractivity contribution in [1.82, 2.24) is 10.2 Å². The number of nitrogens with zero attached hydrogens (tertiary/aromatic N) is 1. The van der Waals surface area contributed by atoms with Crippen molar-refractivity contribution in [3.8, 4) is 5.75 Å². The maximum absolute atomic E-state index is 12.8. The number of hydrogen-bond donors (Lipinski definition) is 3. The Balaban J connectivity index is 1.61. The van der Waals surface area contributed by atoms with Gasteiger partial charge in [-0.25, -0.2) is 0 Å². The Labute approximate surface area is 170 Å². The molecular weight excluding hydrogens is 370 g/mol. The van der Waals surface area contributed by atoms with Crippen LogP contribution in [0.5, 0.6) is 5.75 Å². The molecule has 2 aromatic rings. The monoisotopic (exact) mass is 397 g/mol. The molecule has 7 nitrogen and oxygen atoms in total. The molecule has 0 aromatic heterocycles. The summed E-state index contributed by atoms with van der Waals surface area (Å²) in [5, 5.41) is 15.3. The average Bonchev–Trinajstić information content (AvgIpc) is 2.69. The summed E-state index contributed by atoms with van der Waals surface area (Å²) in [4.78, 5) is 25.7. The molecular formula is C22H27N3O4. The third kappa shape index (κ3) is 5.26. The minimum Gasteiger partial charge on any atom is -0.497 e. The highest BCUT2D eigenvalue weighted by Gasteiger charge is 2.35. The maximum atomic E-state index is 12.8. The van der Waals surface area contributed by atoms with Gasteiger partial charge in [-0.3, -0.25) is 14.5 Å². The zero-order valence-corrected chi connectivity index (χ0v) is 16.7. The molecule has 0 aliphatic heterocycles. The predicted molar refractivity (Wildman–Crippen MR) is 112 cm³/mol. The quantitative estimate of drug-likeness (QED) is 0.602. The van der Waals surface area contributed by atoms with E-state index in [2.05, 4.69) is 10.6 Å². The van der Waals surface area contributed by atoms with Crippen molar-refractivity contribution >= 4 is 23.3 Å². The molecule has 154 valence electrons. The molecule has 1 aliphatic rings. The van der Waals surface area contributed by atoms with Gasteiger partial charge in [-0.2, -0.15) is 0 Å². The molecule has 0 unspecified atom stereocenters. The molecule has 0 bridgehead atoms. The lowest BCUT2D eigenvalue weighted by molar-refractivity contribution is -0.139. The normalized spacial score (nSPS) is 18.0. The zero-order valence-electron chi connectivity index (χ0n) is 16.7. The number of nitrogens with one attached hydrogen (secondary N) is 2. The van der Waals surface area contributed by atoms with Gasteiger partial charge in [0.05, 0.1) is 24.9 Å². The predicted octanol–water partition coefficient (Wildman–Crippen LogP) is 3.11. The van der Waals surface area contributed by atoms with E-state index in [4.69, 9.17) is 9.84 Å². The molecule has 1 amide bonds. The zero-order chi connectivity index (χ0) is 20.8. The number of rotatable bonds is 9. The summed E-state index contributed by atoms with van der Waals surface area (Å²) in [6, 6.07) is 15.1. The number of likely N-dealkylation sites (N-methyl/N-ethyl adjacent to an activating group) is 1. The summed E-state index contributed by atoms with van der Waals surface area (Å²) in [6.07, 6.45) is 1.52. The van der Waals surface area contributed by atoms with Crippen molar-refractivity contribution in [2.45, 2.75) is 31.8 Å². The van der Waals surface area contributed by atoms with E-state index in [1.54, 1.807) is 13.2 Å². The number of benzene rings is 2. The number of hydrogen-bond acceptors (Lipinski definition) is 5. The van der Waals surface area contributed by atoms with Crippen molar-refractivity contribution in [3.05, 3.63) is 54.1 Å². The first-order chi connectivity index (χ1) is 14.0. The van der Waals surface area contributed by atoms with Crippen LogP contribution < -0.4 is 15.4 Å². The van der Waals surface area contributed by atoms with Crippen LogP contribution in [0.3, 0.4) is 0 Å². The van der Waals surface area contributed by atoms with Crippen LogP contribution in [0.4, 0.5) is 11.4 Å². The van der Waals surface area contributed by atoms with Crippen molar-refractivity contribution in [2.24, 2.45) is 0 Å². The van der Waals surface area contributed by atoms with Crippen molar-refractivity contribution in [1.29, 1.82) is 0 Å². The third-order valence-corrected chi connectivity index (χ3v) is 5.23. The number of aliphatic carboxylic acids is 1. The number of carboxylic acid groups (broad SMARTS) is 1. The molecule has 1 saturated carbocycles. The van der Waals surface area contributed by atoms with Crippen LogP contribution in [0, 0.1) is 0 Å². The van der Waals surface area contributed by atoms with Gasteiger partial charge in [0.25, 0.3) is 5.91 Å². The van der Waals surface area contributed by atoms with Gasteiger partial charge in [0.1, 0.15) is 5.75 Å². The molecule has 3 rings (SSSR count). The molecule has 29 heavy (non-hydrogen) atoms. The Morgan fingerprint density at radius 3 is 2.62 bits per heavy atom. The SMILES string of the molecule is CCN(CC(=O)O)C1CC(NC(=O)c2ccccc2Nc2cccc(OC)c2)C1. The van der Waals surface area contributed by atoms with Gasteiger partial charge >= 0.3 is 5.97 Å². The number of carbonyl (C=O) groups excluding carboxylic acids is 1. The molecule has 1 fully saturated rings. The van der Waals surface area contributed by atoms with Crippen LogP contribution in [0.1, 0.15) is 30.1 Å². The van der Waals surface area contributed by atoms with Gasteiger partial charge in [-0.1, -0.05) is 25.1 Å². The number of methoxy groups -OCH3 is 1. The van der Waals surface area contributed by atoms with E-state index in [0.29, 0.717) is 12.1 Å². The first kappa shape index (κ1) is 20.7. The van der Waals surface area contributed by atoms with E-state index in [0.717, 1.165) is 30.0 Å². The van der Waals surface area contributed by atoms with Gasteiger partial charge in [0.2, 0.25) is 0 Å². The molecule has 0 saturated heterocycles. The van der Waals surface area contributed by atoms with E-state index in [1.807, 2.05) is 54.3 Å². The van der Waals surface area contributed by atoms with Gasteiger partial charge in [0.15, 0.2) is 0 Å². The largest absolute Gasteiger partial charge is 0.497 e. The number of anilines is 2. The average molecular weight is 397 g/mol. The molecule has 2 aromatic carbocycles. The smallest absolute Gasteiger partial charge is 0.317 e. The van der Waals surface area contributed by atoms with E-state index in [-0.39, 0.29) is 24.5 Å². The maximum Gasteiger partial charge on any atom is 0.317 e. The van der Waals surface area contributed by atoms with Gasteiger partial charge in [-0.15, -0.1) is 0 Å². The first-order valence-electron chi connectivity index (χ1n) is 9.77. The van der Waals surface area contributed by atoms with E-state index in [9.17, 15) is 9.59 Å². The molecule has 0 spiro atoms. The van der Waals surface area contributed by atoms with Crippen LogP contribution in [0.2, 0.25) is 0 Å². The lowest BCUT2D eigenvalue weighted by Crippen LogP contribution is -2.54. The van der Waals surface area contributed by atoms with Gasteiger partial charge in [-0.05, 0) is 43.7 Å². The van der Waals surface area contributed by atoms with Gasteiger partial charge < -0.3 is 20.5 Å². The van der Waals surface area contributed by atoms with Crippen LogP contribution >= 0.6 is 0 Å². The highest BCUT2D eigenvalue weighted by molar-refractivity contribution is 6.00. The summed E-state index contributed by atoms with van der Waals surface area (Å²) >= 11 is 0. The summed E-state index contributed by atoms with van der Waals surface area (Å²) in [5.74, 6) is -0.225. The summed E-state index contributed by atoms with van der Waals surface area (Å²) in [7, 11) is 1.61. The Morgan fingerprint density at radius 2 is 1.93 bits per heavy atom. The molecule has 1 aliphatic carbocycles. The van der Waals surface area contributed by atoms with E-state index < -0.39 is 5.97 Å². The molecule has 0 atom stereocenters. The Bertz CT molecular complexity index is 865. The lowest BCUT2D eigenvalue weighted by Gasteiger charge is -2.42. The van der Waals surface area contributed by atoms with Crippen LogP contribution in [0.25, 0.3) is 0 Å². The van der Waals surface area contributed by atoms with Crippen LogP contribution in [0.15, 0.2) is 48.5 Å². The Hall–Kier alpha value is -3.06. The third-order valence-electron chi connectivity index (χ3n) is 5.23. The van der Waals surface area contributed by atoms with Crippen molar-refractivity contribution in [2.75, 3.05) is 25.5 Å². The lowest BCUT2D eigenvalue weighted by atomic mass is 9.85. The number of para-hydroxylation sites is 1. The summed E-state index contributed by atoms with van der Waals surface area (Å²) in [6.45, 7) is 2.68. The van der Waals surface area contributed by atoms with E-state index >= 15 is 0 Å². The summed E-state index contributed by atoms with van der Waals surface area (Å²) < 4.78 is 5.25.